The van der Waals surface area contributed by atoms with E-state index in [1.165, 1.54) is 32.2 Å². The normalized spacial score (nSPS) is 11.8. The first-order valence-electron chi connectivity index (χ1n) is 21.3. The number of hydrogen-bond donors (Lipinski definition) is 0. The van der Waals surface area contributed by atoms with E-state index in [1.54, 1.807) is 0 Å². The molecule has 0 amide bonds. The molecule has 0 heterocycles. The molecule has 384 valence electrons. The summed E-state index contributed by atoms with van der Waals surface area (Å²) in [5.74, 6) is -71.4. The van der Waals surface area contributed by atoms with Crippen LogP contribution in [-0.4, -0.2) is 6.15 Å². The second-order valence-corrected chi connectivity index (χ2v) is 19.9. The fraction of sp³-hybridized carbons (Fsp3) is 0.0189. The lowest BCUT2D eigenvalue weighted by Crippen LogP contribution is -2.81. The highest BCUT2D eigenvalue weighted by molar-refractivity contribution is 7.95. The molecule has 0 unspecified atom stereocenters. The third-order valence-electron chi connectivity index (χ3n) is 12.6. The molecule has 0 aliphatic heterocycles. The van der Waals surface area contributed by atoms with Crippen LogP contribution in [0.25, 0.3) is 10.8 Å². The lowest BCUT2D eigenvalue weighted by Gasteiger charge is -2.44. The minimum absolute atomic E-state index is 1.01. The van der Waals surface area contributed by atoms with Gasteiger partial charge in [0, 0.05) is 0 Å². The van der Waals surface area contributed by atoms with Crippen LogP contribution in [0, 0.1) is 116 Å². The zero-order valence-electron chi connectivity index (χ0n) is 37.0. The molecule has 0 spiro atoms. The van der Waals surface area contributed by atoms with Gasteiger partial charge in [0.2, 0.25) is 0 Å². The van der Waals surface area contributed by atoms with Crippen molar-refractivity contribution in [3.05, 3.63) is 255 Å². The van der Waals surface area contributed by atoms with Crippen molar-refractivity contribution in [2.45, 2.75) is 6.16 Å². The molecular weight excluding hydrogens is 1060 g/mol. The Morgan fingerprint density at radius 3 is 0.747 bits per heavy atom. The van der Waals surface area contributed by atoms with Gasteiger partial charge in [-0.15, -0.1) is 21.9 Å². The molecule has 9 aromatic carbocycles. The molecule has 0 fully saturated rings. The van der Waals surface area contributed by atoms with E-state index in [1.807, 2.05) is 0 Å². The Bertz CT molecular complexity index is 3210. The maximum absolute atomic E-state index is 15.4. The monoisotopic (exact) mass is 1080 g/mol. The van der Waals surface area contributed by atoms with Crippen molar-refractivity contribution >= 4 is 61.9 Å². The fourth-order valence-corrected chi connectivity index (χ4v) is 13.6. The van der Waals surface area contributed by atoms with Gasteiger partial charge in [0.15, 0.2) is 69.8 Å². The predicted molar refractivity (Wildman–Crippen MR) is 242 cm³/mol. The molecule has 9 rings (SSSR count). The number of halogens is 20. The Balaban J connectivity index is 0.000000215. The second kappa shape index (κ2) is 20.6. The molecule has 0 bridgehead atoms. The van der Waals surface area contributed by atoms with E-state index in [0.717, 1.165) is 6.16 Å². The van der Waals surface area contributed by atoms with Crippen LogP contribution in [0.3, 0.4) is 0 Å². The van der Waals surface area contributed by atoms with Crippen molar-refractivity contribution in [2.24, 2.45) is 0 Å². The third kappa shape index (κ3) is 8.44. The SMILES string of the molecule is Fc1c(F)c(F)c([B-](c2c(F)c(F)c(F)c(F)c2F)(c2c(F)c(F)c(F)c(F)c2F)c2c(F)c(F)c(F)c(F)c2F)c(F)c1F.c1ccc([P+](Cc2cccc3ccccc23)(c2ccccc2)c2ccccc2)cc1. The van der Waals surface area contributed by atoms with Gasteiger partial charge in [-0.2, -0.15) is 0 Å². The Labute approximate surface area is 410 Å². The molecule has 0 aliphatic rings. The van der Waals surface area contributed by atoms with Crippen LogP contribution in [0.4, 0.5) is 87.8 Å². The molecule has 0 saturated carbocycles. The van der Waals surface area contributed by atoms with Gasteiger partial charge in [0.05, 0.1) is 6.16 Å². The van der Waals surface area contributed by atoms with E-state index >= 15 is 35.1 Å². The zero-order valence-corrected chi connectivity index (χ0v) is 37.9. The van der Waals surface area contributed by atoms with E-state index in [0.29, 0.717) is 0 Å². The van der Waals surface area contributed by atoms with Crippen molar-refractivity contribution in [1.82, 2.24) is 0 Å². The van der Waals surface area contributed by atoms with Gasteiger partial charge in [-0.25, -0.2) is 87.8 Å². The molecule has 0 nitrogen and oxygen atoms in total. The van der Waals surface area contributed by atoms with Gasteiger partial charge < -0.3 is 0 Å². The largest absolute Gasteiger partial charge is 0.207 e. The Morgan fingerprint density at radius 2 is 0.467 bits per heavy atom. The highest BCUT2D eigenvalue weighted by Crippen LogP contribution is 2.58. The van der Waals surface area contributed by atoms with Crippen LogP contribution < -0.4 is 37.8 Å². The summed E-state index contributed by atoms with van der Waals surface area (Å²) in [6.45, 7) is 0. The lowest BCUT2D eigenvalue weighted by molar-refractivity contribution is 0.378. The zero-order chi connectivity index (χ0) is 54.6. The summed E-state index contributed by atoms with van der Waals surface area (Å²) in [6, 6.07) is 48.8. The molecule has 22 heteroatoms. The van der Waals surface area contributed by atoms with Crippen molar-refractivity contribution in [2.75, 3.05) is 0 Å². The fourth-order valence-electron chi connectivity index (χ4n) is 9.33. The molecule has 0 radical (unpaired) electrons. The molecular formula is C53H24BF20P. The lowest BCUT2D eigenvalue weighted by atomic mass is 9.12. The Hall–Kier alpha value is -7.67. The summed E-state index contributed by atoms with van der Waals surface area (Å²) in [6.07, 6.45) is -6.21. The molecule has 0 N–H and O–H groups in total. The summed E-state index contributed by atoms with van der Waals surface area (Å²) < 4.78 is 294. The summed E-state index contributed by atoms with van der Waals surface area (Å²) in [5.41, 5.74) is -12.9. The van der Waals surface area contributed by atoms with Crippen LogP contribution in [0.1, 0.15) is 5.56 Å². The van der Waals surface area contributed by atoms with Gasteiger partial charge in [-0.3, -0.25) is 0 Å². The van der Waals surface area contributed by atoms with Gasteiger partial charge in [0.25, 0.3) is 0 Å². The van der Waals surface area contributed by atoms with E-state index in [9.17, 15) is 52.7 Å². The van der Waals surface area contributed by atoms with E-state index < -0.39 is 152 Å². The molecule has 0 aliphatic carbocycles. The second-order valence-electron chi connectivity index (χ2n) is 16.4. The standard InChI is InChI=1S/C29H24P.C24BF20/c1-4-16-26(17-5-1)30(27-18-6-2-7-19-27,28-20-8-3-9-21-28)23-25-15-12-14-24-13-10-11-22-29(24)25;26-5-1(6(27)14(35)21(42)13(5)34)25(2-7(28)15(36)22(43)16(37)8(2)29,3-9(30)17(38)23(44)18(39)10(3)31)4-11(32)19(40)24(45)20(41)12(4)33/h1-22H,23H2;/q+1;-1. The first kappa shape index (κ1) is 53.6. The van der Waals surface area contributed by atoms with Crippen LogP contribution in [0.15, 0.2) is 133 Å². The molecule has 75 heavy (non-hydrogen) atoms. The number of benzene rings is 9. The minimum Gasteiger partial charge on any atom is -0.207 e. The van der Waals surface area contributed by atoms with Gasteiger partial charge in [-0.1, -0.05) is 97.1 Å². The summed E-state index contributed by atoms with van der Waals surface area (Å²) >= 11 is 0. The van der Waals surface area contributed by atoms with Crippen molar-refractivity contribution < 1.29 is 87.8 Å². The number of hydrogen-bond acceptors (Lipinski definition) is 0. The van der Waals surface area contributed by atoms with Crippen LogP contribution in [0.5, 0.6) is 0 Å². The average molecular weight is 1080 g/mol. The summed E-state index contributed by atoms with van der Waals surface area (Å²) in [4.78, 5) is 0. The molecule has 0 aromatic heterocycles. The molecule has 0 saturated heterocycles. The highest BCUT2D eigenvalue weighted by Gasteiger charge is 2.52. The topological polar surface area (TPSA) is 0 Å². The van der Waals surface area contributed by atoms with E-state index in [-0.39, 0.29) is 0 Å². The summed E-state index contributed by atoms with van der Waals surface area (Å²) in [5, 5.41) is 6.94. The first-order valence-corrected chi connectivity index (χ1v) is 23.3. The Kier molecular flexibility index (Phi) is 14.7. The predicted octanol–water partition coefficient (Wildman–Crippen LogP) is 12.2. The Morgan fingerprint density at radius 1 is 0.240 bits per heavy atom. The minimum atomic E-state index is -7.22. The average Bonchev–Trinajstić information content (AvgIpc) is 3.43. The van der Waals surface area contributed by atoms with Crippen LogP contribution >= 0.6 is 7.26 Å². The maximum Gasteiger partial charge on any atom is 0.200 e. The van der Waals surface area contributed by atoms with Gasteiger partial charge in [0.1, 0.15) is 75.9 Å². The highest BCUT2D eigenvalue weighted by atomic mass is 31.2. The van der Waals surface area contributed by atoms with Crippen LogP contribution in [-0.2, 0) is 6.16 Å². The quantitative estimate of drug-likeness (QED) is 0.0444. The summed E-state index contributed by atoms with van der Waals surface area (Å²) in [7, 11) is -1.88. The van der Waals surface area contributed by atoms with Crippen molar-refractivity contribution in [1.29, 1.82) is 0 Å². The number of fused-ring (bicyclic) bond motifs is 1. The first-order chi connectivity index (χ1) is 35.6. The van der Waals surface area contributed by atoms with Gasteiger partial charge >= 0.3 is 0 Å². The maximum atomic E-state index is 15.4. The molecule has 0 atom stereocenters. The number of rotatable bonds is 9. The van der Waals surface area contributed by atoms with Crippen molar-refractivity contribution in [3.63, 3.8) is 0 Å². The third-order valence-corrected chi connectivity index (χ3v) is 16.9. The molecule has 9 aromatic rings. The van der Waals surface area contributed by atoms with E-state index in [2.05, 4.69) is 133 Å². The van der Waals surface area contributed by atoms with Crippen molar-refractivity contribution in [3.8, 4) is 0 Å². The van der Waals surface area contributed by atoms with E-state index in [4.69, 9.17) is 0 Å². The smallest absolute Gasteiger partial charge is 0.200 e. The van der Waals surface area contributed by atoms with Crippen LogP contribution in [0.2, 0.25) is 0 Å². The van der Waals surface area contributed by atoms with Gasteiger partial charge in [-0.05, 0) is 52.7 Å².